The number of hydrogen-bond donors (Lipinski definition) is 1. The fraction of sp³-hybridized carbons (Fsp3) is 0.455. The molecule has 1 N–H and O–H groups in total. The summed E-state index contributed by atoms with van der Waals surface area (Å²) in [5, 5.41) is 23.1. The summed E-state index contributed by atoms with van der Waals surface area (Å²) in [6.07, 6.45) is 1.30. The maximum absolute atomic E-state index is 12.8. The van der Waals surface area contributed by atoms with Gasteiger partial charge in [-0.1, -0.05) is 11.6 Å². The van der Waals surface area contributed by atoms with Gasteiger partial charge in [0.1, 0.15) is 18.3 Å². The third-order valence-electron chi connectivity index (χ3n) is 6.39. The zero-order valence-electron chi connectivity index (χ0n) is 19.4. The van der Waals surface area contributed by atoms with Crippen LogP contribution in [0.4, 0.5) is 11.4 Å². The van der Waals surface area contributed by atoms with Crippen molar-refractivity contribution in [1.82, 2.24) is 9.62 Å². The highest BCUT2D eigenvalue weighted by Gasteiger charge is 2.30. The molecule has 2 aromatic rings. The molecule has 0 aromatic heterocycles. The third kappa shape index (κ3) is 5.86. The van der Waals surface area contributed by atoms with Crippen molar-refractivity contribution in [2.24, 2.45) is 5.92 Å². The van der Waals surface area contributed by atoms with Crippen LogP contribution in [-0.2, 0) is 10.0 Å². The van der Waals surface area contributed by atoms with Gasteiger partial charge < -0.3 is 9.47 Å². The molecule has 1 atom stereocenters. The highest BCUT2D eigenvalue weighted by Crippen LogP contribution is 2.35. The monoisotopic (exact) mass is 540 g/mol. The van der Waals surface area contributed by atoms with Crippen LogP contribution in [0, 0.1) is 33.1 Å². The predicted molar refractivity (Wildman–Crippen MR) is 130 cm³/mol. The number of sulfonamides is 1. The van der Waals surface area contributed by atoms with Crippen molar-refractivity contribution in [3.05, 3.63) is 61.1 Å². The Balaban J connectivity index is 1.31. The lowest BCUT2D eigenvalue weighted by Crippen LogP contribution is -2.45. The van der Waals surface area contributed by atoms with E-state index >= 15 is 0 Å². The van der Waals surface area contributed by atoms with Gasteiger partial charge in [0.15, 0.2) is 11.5 Å². The topological polar surface area (TPSA) is 154 Å². The molecule has 2 aromatic carbocycles. The average Bonchev–Trinajstić information content (AvgIpc) is 2.83. The van der Waals surface area contributed by atoms with Gasteiger partial charge in [-0.3, -0.25) is 25.1 Å². The van der Waals surface area contributed by atoms with E-state index in [0.29, 0.717) is 29.7 Å². The Morgan fingerprint density at radius 1 is 1.08 bits per heavy atom. The maximum Gasteiger partial charge on any atom is 0.280 e. The third-order valence-corrected chi connectivity index (χ3v) is 8.02. The van der Waals surface area contributed by atoms with Gasteiger partial charge in [-0.25, -0.2) is 13.1 Å². The molecule has 2 aliphatic rings. The van der Waals surface area contributed by atoms with Crippen LogP contribution in [0.3, 0.4) is 0 Å². The van der Waals surface area contributed by atoms with Gasteiger partial charge in [0.2, 0.25) is 10.0 Å². The first-order valence-electron chi connectivity index (χ1n) is 11.3. The quantitative estimate of drug-likeness (QED) is 0.392. The normalized spacial score (nSPS) is 18.7. The molecule has 12 nitrogen and oxygen atoms in total. The van der Waals surface area contributed by atoms with Gasteiger partial charge in [-0.2, -0.15) is 0 Å². The van der Waals surface area contributed by atoms with Crippen molar-refractivity contribution < 1.29 is 27.7 Å². The minimum Gasteiger partial charge on any atom is -0.486 e. The van der Waals surface area contributed by atoms with Crippen molar-refractivity contribution in [2.45, 2.75) is 30.8 Å². The van der Waals surface area contributed by atoms with Crippen molar-refractivity contribution in [3.63, 3.8) is 0 Å². The number of fused-ring (bicyclic) bond motifs is 1. The minimum atomic E-state index is -4.18. The zero-order chi connectivity index (χ0) is 26.0. The lowest BCUT2D eigenvalue weighted by Gasteiger charge is -2.35. The number of benzene rings is 2. The molecule has 36 heavy (non-hydrogen) atoms. The van der Waals surface area contributed by atoms with Gasteiger partial charge >= 0.3 is 0 Å². The van der Waals surface area contributed by atoms with Crippen LogP contribution in [0.25, 0.3) is 0 Å². The Hall–Kier alpha value is -3.00. The van der Waals surface area contributed by atoms with Crippen LogP contribution in [-0.4, -0.2) is 62.1 Å². The molecule has 0 unspecified atom stereocenters. The lowest BCUT2D eigenvalue weighted by molar-refractivity contribution is -0.395. The molecule has 2 heterocycles. The Labute approximate surface area is 212 Å². The van der Waals surface area contributed by atoms with Crippen LogP contribution < -0.4 is 14.2 Å². The van der Waals surface area contributed by atoms with Crippen LogP contribution in [0.1, 0.15) is 18.4 Å². The summed E-state index contributed by atoms with van der Waals surface area (Å²) in [4.78, 5) is 22.6. The molecule has 0 radical (unpaired) electrons. The number of ether oxygens (including phenoxy) is 2. The van der Waals surface area contributed by atoms with E-state index in [1.165, 1.54) is 6.92 Å². The fourth-order valence-corrected chi connectivity index (χ4v) is 5.66. The van der Waals surface area contributed by atoms with E-state index in [2.05, 4.69) is 9.62 Å². The summed E-state index contributed by atoms with van der Waals surface area (Å²) in [7, 11) is -4.18. The van der Waals surface area contributed by atoms with Crippen LogP contribution in [0.2, 0.25) is 5.02 Å². The number of nitro groups is 2. The number of rotatable bonds is 8. The number of piperidine rings is 1. The fourth-order valence-electron chi connectivity index (χ4n) is 4.34. The smallest absolute Gasteiger partial charge is 0.280 e. The van der Waals surface area contributed by atoms with E-state index in [0.717, 1.165) is 38.1 Å². The molecular formula is C22H25ClN4O8S. The second-order valence-corrected chi connectivity index (χ2v) is 11.0. The van der Waals surface area contributed by atoms with E-state index in [9.17, 15) is 28.6 Å². The summed E-state index contributed by atoms with van der Waals surface area (Å²) in [5.74, 6) is 1.32. The molecule has 0 spiro atoms. The van der Waals surface area contributed by atoms with Crippen molar-refractivity contribution in [3.8, 4) is 11.5 Å². The second kappa shape index (κ2) is 10.5. The molecule has 0 aliphatic carbocycles. The molecule has 1 fully saturated rings. The molecule has 0 amide bonds. The highest BCUT2D eigenvalue weighted by atomic mass is 35.5. The summed E-state index contributed by atoms with van der Waals surface area (Å²) in [6, 6.07) is 6.94. The first kappa shape index (κ1) is 26.1. The van der Waals surface area contributed by atoms with Crippen molar-refractivity contribution in [1.29, 1.82) is 0 Å². The molecule has 14 heteroatoms. The number of nitro benzene ring substituents is 2. The molecule has 2 aliphatic heterocycles. The van der Waals surface area contributed by atoms with Gasteiger partial charge in [0.05, 0.1) is 14.7 Å². The summed E-state index contributed by atoms with van der Waals surface area (Å²) in [6.45, 7) is 3.88. The minimum absolute atomic E-state index is 0.0505. The Morgan fingerprint density at radius 3 is 2.33 bits per heavy atom. The van der Waals surface area contributed by atoms with Gasteiger partial charge in [-0.15, -0.1) is 0 Å². The first-order chi connectivity index (χ1) is 17.0. The van der Waals surface area contributed by atoms with E-state index in [-0.39, 0.29) is 24.1 Å². The predicted octanol–water partition coefficient (Wildman–Crippen LogP) is 3.30. The molecule has 0 saturated carbocycles. The second-order valence-electron chi connectivity index (χ2n) is 8.84. The van der Waals surface area contributed by atoms with Gasteiger partial charge in [-0.05, 0) is 50.9 Å². The van der Waals surface area contributed by atoms with E-state index in [1.807, 2.05) is 0 Å². The molecule has 0 bridgehead atoms. The van der Waals surface area contributed by atoms with Crippen molar-refractivity contribution >= 4 is 33.0 Å². The van der Waals surface area contributed by atoms with Crippen LogP contribution >= 0.6 is 11.6 Å². The number of hydrogen-bond acceptors (Lipinski definition) is 9. The largest absolute Gasteiger partial charge is 0.486 e. The zero-order valence-corrected chi connectivity index (χ0v) is 21.0. The molecular weight excluding hydrogens is 516 g/mol. The van der Waals surface area contributed by atoms with Crippen molar-refractivity contribution in [2.75, 3.05) is 32.8 Å². The number of nitrogens with zero attached hydrogens (tertiary/aromatic N) is 3. The SMILES string of the molecule is Cc1c([N+](=O)[O-])cc(S(=O)(=O)NCC2CCN(C[C@H]3COc4ccc(Cl)cc4O3)CC2)cc1[N+](=O)[O-]. The Kier molecular flexibility index (Phi) is 7.64. The van der Waals surface area contributed by atoms with E-state index in [1.54, 1.807) is 18.2 Å². The Bertz CT molecular complexity index is 1250. The van der Waals surface area contributed by atoms with E-state index in [4.69, 9.17) is 21.1 Å². The summed E-state index contributed by atoms with van der Waals surface area (Å²) >= 11 is 6.03. The number of nitrogens with one attached hydrogen (secondary N) is 1. The number of halogens is 1. The summed E-state index contributed by atoms with van der Waals surface area (Å²) in [5.41, 5.74) is -1.43. The van der Waals surface area contributed by atoms with Gasteiger partial charge in [0.25, 0.3) is 11.4 Å². The standard InChI is InChI=1S/C22H25ClN4O8S/c1-14-19(26(28)29)9-18(10-20(14)27(30)31)36(32,33)24-11-15-4-6-25(7-5-15)12-17-13-34-21-3-2-16(23)8-22(21)35-17/h2-3,8-10,15,17,24H,4-7,11-13H2,1H3/t17-/m0/s1. The molecule has 4 rings (SSSR count). The number of likely N-dealkylation sites (tertiary alicyclic amines) is 1. The van der Waals surface area contributed by atoms with Gasteiger partial charge in [0, 0.05) is 36.3 Å². The molecule has 1 saturated heterocycles. The first-order valence-corrected chi connectivity index (χ1v) is 13.1. The maximum atomic E-state index is 12.8. The lowest BCUT2D eigenvalue weighted by atomic mass is 9.97. The summed E-state index contributed by atoms with van der Waals surface area (Å²) < 4.78 is 39.8. The van der Waals surface area contributed by atoms with E-state index < -0.39 is 36.1 Å². The average molecular weight is 541 g/mol. The molecule has 194 valence electrons. The van der Waals surface area contributed by atoms with Crippen LogP contribution in [0.5, 0.6) is 11.5 Å². The highest BCUT2D eigenvalue weighted by molar-refractivity contribution is 7.89. The van der Waals surface area contributed by atoms with Crippen LogP contribution in [0.15, 0.2) is 35.2 Å². The Morgan fingerprint density at radius 2 is 1.72 bits per heavy atom.